The fourth-order valence-corrected chi connectivity index (χ4v) is 1.87. The summed E-state index contributed by atoms with van der Waals surface area (Å²) in [5, 5.41) is 10.4. The van der Waals surface area contributed by atoms with Gasteiger partial charge in [-0.25, -0.2) is 0 Å². The predicted molar refractivity (Wildman–Crippen MR) is 50.0 cm³/mol. The quantitative estimate of drug-likeness (QED) is 0.385. The van der Waals surface area contributed by atoms with Crippen molar-refractivity contribution in [1.82, 2.24) is 0 Å². The van der Waals surface area contributed by atoms with E-state index in [-0.39, 0.29) is 35.5 Å². The molecule has 2 nitrogen and oxygen atoms in total. The zero-order valence-electron chi connectivity index (χ0n) is 9.42. The molecule has 76 valence electrons. The molecule has 0 spiro atoms. The van der Waals surface area contributed by atoms with E-state index >= 15 is 0 Å². The molecule has 0 aromatic rings. The monoisotopic (exact) mass is 206 g/mol. The summed E-state index contributed by atoms with van der Waals surface area (Å²) in [5.74, 6) is -0.489. The maximum absolute atomic E-state index is 10.4. The van der Waals surface area contributed by atoms with Crippen molar-refractivity contribution in [3.05, 3.63) is 0 Å². The summed E-state index contributed by atoms with van der Waals surface area (Å²) in [7, 11) is 0. The van der Waals surface area contributed by atoms with E-state index in [9.17, 15) is 9.90 Å². The molecule has 1 aliphatic rings. The number of carbonyl (C=O) groups is 1. The Labute approximate surface area is 109 Å². The van der Waals surface area contributed by atoms with Crippen LogP contribution in [0, 0.1) is 11.8 Å². The van der Waals surface area contributed by atoms with Crippen molar-refractivity contribution in [2.24, 2.45) is 11.8 Å². The van der Waals surface area contributed by atoms with E-state index in [0.717, 1.165) is 12.8 Å². The number of unbranched alkanes of at least 4 members (excludes halogenated alkanes) is 4. The zero-order chi connectivity index (χ0) is 9.68. The van der Waals surface area contributed by atoms with Crippen molar-refractivity contribution in [3.8, 4) is 0 Å². The summed E-state index contributed by atoms with van der Waals surface area (Å²) in [6, 6.07) is 0. The first-order chi connectivity index (χ1) is 6.25. The molecule has 0 N–H and O–H groups in total. The molecule has 2 atom stereocenters. The van der Waals surface area contributed by atoms with Gasteiger partial charge in [0, 0.05) is 11.9 Å². The Balaban J connectivity index is 0.00000169. The number of rotatable bonds is 7. The molecular weight excluding hydrogens is 187 g/mol. The summed E-state index contributed by atoms with van der Waals surface area (Å²) < 4.78 is 0. The molecule has 3 heteroatoms. The smallest absolute Gasteiger partial charge is 0.550 e. The van der Waals surface area contributed by atoms with Crippen LogP contribution < -0.4 is 34.7 Å². The second-order valence-electron chi connectivity index (χ2n) is 4.12. The minimum absolute atomic E-state index is 0. The van der Waals surface area contributed by atoms with E-state index in [4.69, 9.17) is 0 Å². The van der Waals surface area contributed by atoms with Gasteiger partial charge in [0.25, 0.3) is 0 Å². The summed E-state index contributed by atoms with van der Waals surface area (Å²) in [6.45, 7) is 2.20. The summed E-state index contributed by atoms with van der Waals surface area (Å²) >= 11 is 0. The number of aliphatic carboxylic acids is 1. The molecule has 1 aliphatic carbocycles. The molecule has 2 unspecified atom stereocenters. The van der Waals surface area contributed by atoms with Gasteiger partial charge in [0.2, 0.25) is 0 Å². The maximum atomic E-state index is 10.4. The Bertz CT molecular complexity index is 171. The minimum Gasteiger partial charge on any atom is -0.550 e. The molecule has 0 aromatic carbocycles. The number of carbonyl (C=O) groups excluding carboxylic acids is 1. The minimum atomic E-state index is -0.835. The van der Waals surface area contributed by atoms with Crippen LogP contribution in [-0.4, -0.2) is 5.97 Å². The van der Waals surface area contributed by atoms with Gasteiger partial charge in [0.15, 0.2) is 0 Å². The molecule has 0 heterocycles. The van der Waals surface area contributed by atoms with E-state index in [1.807, 2.05) is 0 Å². The van der Waals surface area contributed by atoms with Crippen LogP contribution in [0.4, 0.5) is 0 Å². The number of hydrogen-bond acceptors (Lipinski definition) is 2. The molecule has 0 amide bonds. The normalized spacial score (nSPS) is 24.1. The van der Waals surface area contributed by atoms with Gasteiger partial charge in [-0.15, -0.1) is 0 Å². The Morgan fingerprint density at radius 2 is 1.93 bits per heavy atom. The van der Waals surface area contributed by atoms with Gasteiger partial charge in [-0.3, -0.25) is 0 Å². The summed E-state index contributed by atoms with van der Waals surface area (Å²) in [5.41, 5.74) is 0. The fourth-order valence-electron chi connectivity index (χ4n) is 1.87. The molecule has 14 heavy (non-hydrogen) atoms. The van der Waals surface area contributed by atoms with Gasteiger partial charge in [0.05, 0.1) is 0 Å². The third-order valence-corrected chi connectivity index (χ3v) is 2.90. The predicted octanol–water partition coefficient (Wildman–Crippen LogP) is -1.26. The second-order valence-corrected chi connectivity index (χ2v) is 4.12. The summed E-state index contributed by atoms with van der Waals surface area (Å²) in [4.78, 5) is 10.4. The van der Waals surface area contributed by atoms with Crippen molar-refractivity contribution in [3.63, 3.8) is 0 Å². The van der Waals surface area contributed by atoms with Crippen LogP contribution in [0.2, 0.25) is 0 Å². The molecule has 0 aromatic heterocycles. The Kier molecular flexibility index (Phi) is 7.98. The SMILES string of the molecule is CCCCCCCC1CC1C(=O)[O-].[Na+]. The molecule has 0 bridgehead atoms. The van der Waals surface area contributed by atoms with Crippen LogP contribution in [-0.2, 0) is 4.79 Å². The van der Waals surface area contributed by atoms with Crippen molar-refractivity contribution >= 4 is 5.97 Å². The fraction of sp³-hybridized carbons (Fsp3) is 0.909. The Morgan fingerprint density at radius 3 is 2.43 bits per heavy atom. The van der Waals surface area contributed by atoms with Crippen LogP contribution in [0.3, 0.4) is 0 Å². The van der Waals surface area contributed by atoms with E-state index < -0.39 is 5.97 Å². The average Bonchev–Trinajstić information content (AvgIpc) is 2.83. The van der Waals surface area contributed by atoms with Gasteiger partial charge < -0.3 is 9.90 Å². The van der Waals surface area contributed by atoms with Crippen LogP contribution in [0.1, 0.15) is 51.9 Å². The van der Waals surface area contributed by atoms with E-state index in [1.165, 1.54) is 32.1 Å². The number of hydrogen-bond donors (Lipinski definition) is 0. The van der Waals surface area contributed by atoms with Gasteiger partial charge in [-0.2, -0.15) is 0 Å². The number of carboxylic acids is 1. The third-order valence-electron chi connectivity index (χ3n) is 2.90. The van der Waals surface area contributed by atoms with Gasteiger partial charge in [0.1, 0.15) is 0 Å². The average molecular weight is 206 g/mol. The Morgan fingerprint density at radius 1 is 1.29 bits per heavy atom. The number of carboxylic acid groups (broad SMARTS) is 1. The van der Waals surface area contributed by atoms with Crippen molar-refractivity contribution in [1.29, 1.82) is 0 Å². The summed E-state index contributed by atoms with van der Waals surface area (Å²) in [6.07, 6.45) is 8.33. The van der Waals surface area contributed by atoms with Crippen molar-refractivity contribution in [2.75, 3.05) is 0 Å². The Hall–Kier alpha value is 0.470. The largest absolute Gasteiger partial charge is 1.00 e. The zero-order valence-corrected chi connectivity index (χ0v) is 11.4. The van der Waals surface area contributed by atoms with E-state index in [1.54, 1.807) is 0 Å². The second kappa shape index (κ2) is 7.72. The standard InChI is InChI=1S/C11H20O2.Na/c1-2-3-4-5-6-7-9-8-10(9)11(12)13;/h9-10H,2-8H2,1H3,(H,12,13);/q;+1/p-1. The van der Waals surface area contributed by atoms with Crippen molar-refractivity contribution in [2.45, 2.75) is 51.9 Å². The van der Waals surface area contributed by atoms with Gasteiger partial charge >= 0.3 is 29.6 Å². The maximum Gasteiger partial charge on any atom is 1.00 e. The van der Waals surface area contributed by atoms with Gasteiger partial charge in [-0.1, -0.05) is 39.0 Å². The molecule has 0 aliphatic heterocycles. The van der Waals surface area contributed by atoms with Crippen LogP contribution in [0.15, 0.2) is 0 Å². The third kappa shape index (κ3) is 5.38. The van der Waals surface area contributed by atoms with E-state index in [0.29, 0.717) is 5.92 Å². The van der Waals surface area contributed by atoms with Crippen molar-refractivity contribution < 1.29 is 39.5 Å². The van der Waals surface area contributed by atoms with Crippen LogP contribution in [0.25, 0.3) is 0 Å². The van der Waals surface area contributed by atoms with E-state index in [2.05, 4.69) is 6.92 Å². The van der Waals surface area contributed by atoms with Crippen LogP contribution >= 0.6 is 0 Å². The molecular formula is C11H19NaO2. The first-order valence-corrected chi connectivity index (χ1v) is 5.46. The van der Waals surface area contributed by atoms with Crippen LogP contribution in [0.5, 0.6) is 0 Å². The van der Waals surface area contributed by atoms with Gasteiger partial charge in [-0.05, 0) is 18.8 Å². The first-order valence-electron chi connectivity index (χ1n) is 5.46. The molecule has 1 fully saturated rings. The molecule has 0 saturated heterocycles. The first kappa shape index (κ1) is 14.5. The molecule has 1 saturated carbocycles. The molecule has 1 rings (SSSR count). The molecule has 0 radical (unpaired) electrons. The topological polar surface area (TPSA) is 40.1 Å².